The van der Waals surface area contributed by atoms with Gasteiger partial charge in [0.15, 0.2) is 0 Å². The monoisotopic (exact) mass is 196 g/mol. The van der Waals surface area contributed by atoms with Gasteiger partial charge in [-0.25, -0.2) is 0 Å². The minimum absolute atomic E-state index is 0.152. The molecule has 2 amide bonds. The first kappa shape index (κ1) is 9.65. The van der Waals surface area contributed by atoms with E-state index in [1.807, 2.05) is 6.92 Å². The van der Waals surface area contributed by atoms with Crippen LogP contribution >= 0.6 is 0 Å². The van der Waals surface area contributed by atoms with Crippen molar-refractivity contribution in [1.82, 2.24) is 10.6 Å². The molecule has 14 heavy (non-hydrogen) atoms. The maximum Gasteiger partial charge on any atom is 0.246 e. The number of hydrogen-bond donors (Lipinski definition) is 2. The van der Waals surface area contributed by atoms with Crippen LogP contribution in [0, 0.1) is 5.92 Å². The maximum absolute atomic E-state index is 11.7. The number of nitrogens with one attached hydrogen (secondary N) is 2. The molecule has 0 bridgehead atoms. The fraction of sp³-hybridized carbons (Fsp3) is 0.800. The van der Waals surface area contributed by atoms with Crippen molar-refractivity contribution in [1.29, 1.82) is 0 Å². The Hall–Kier alpha value is -0.900. The Morgan fingerprint density at radius 1 is 1.29 bits per heavy atom. The summed E-state index contributed by atoms with van der Waals surface area (Å²) in [6.45, 7) is 2.17. The van der Waals surface area contributed by atoms with Crippen molar-refractivity contribution in [2.24, 2.45) is 5.92 Å². The standard InChI is InChI=1S/C10H16N2O2/c1-10(7-4-2-3-5-7)9(14)12-8(13)6-11-10/h7,11H,2-6H2,1H3,(H,12,13,14). The van der Waals surface area contributed by atoms with Crippen molar-refractivity contribution in [2.45, 2.75) is 38.1 Å². The summed E-state index contributed by atoms with van der Waals surface area (Å²) < 4.78 is 0. The van der Waals surface area contributed by atoms with E-state index in [1.165, 1.54) is 12.8 Å². The zero-order valence-corrected chi connectivity index (χ0v) is 8.43. The van der Waals surface area contributed by atoms with E-state index in [1.54, 1.807) is 0 Å². The third-order valence-electron chi connectivity index (χ3n) is 3.51. The van der Waals surface area contributed by atoms with Gasteiger partial charge in [-0.15, -0.1) is 0 Å². The lowest BCUT2D eigenvalue weighted by Crippen LogP contribution is -2.66. The van der Waals surface area contributed by atoms with Crippen molar-refractivity contribution in [3.63, 3.8) is 0 Å². The molecule has 4 heteroatoms. The van der Waals surface area contributed by atoms with E-state index in [9.17, 15) is 9.59 Å². The second kappa shape index (κ2) is 3.35. The highest BCUT2D eigenvalue weighted by Crippen LogP contribution is 2.34. The minimum atomic E-state index is -0.523. The third kappa shape index (κ3) is 1.43. The fourth-order valence-electron chi connectivity index (χ4n) is 2.48. The molecule has 1 saturated heterocycles. The molecule has 4 nitrogen and oxygen atoms in total. The number of amides is 2. The molecule has 0 spiro atoms. The number of hydrogen-bond acceptors (Lipinski definition) is 3. The predicted octanol–water partition coefficient (Wildman–Crippen LogP) is 0.181. The number of piperazine rings is 1. The molecule has 1 heterocycles. The summed E-state index contributed by atoms with van der Waals surface area (Å²) in [5.41, 5.74) is -0.523. The molecule has 0 radical (unpaired) electrons. The predicted molar refractivity (Wildman–Crippen MR) is 51.5 cm³/mol. The minimum Gasteiger partial charge on any atom is -0.295 e. The van der Waals surface area contributed by atoms with Gasteiger partial charge >= 0.3 is 0 Å². The van der Waals surface area contributed by atoms with Gasteiger partial charge in [-0.05, 0) is 25.7 Å². The van der Waals surface area contributed by atoms with Crippen LogP contribution in [0.5, 0.6) is 0 Å². The molecule has 2 N–H and O–H groups in total. The second-order valence-corrected chi connectivity index (χ2v) is 4.41. The average Bonchev–Trinajstić information content (AvgIpc) is 2.65. The highest BCUT2D eigenvalue weighted by Gasteiger charge is 2.45. The van der Waals surface area contributed by atoms with Crippen molar-refractivity contribution in [3.05, 3.63) is 0 Å². The van der Waals surface area contributed by atoms with Gasteiger partial charge in [0.1, 0.15) is 0 Å². The first-order chi connectivity index (χ1) is 6.63. The normalized spacial score (nSPS) is 34.6. The molecule has 0 aromatic rings. The van der Waals surface area contributed by atoms with Gasteiger partial charge in [-0.1, -0.05) is 12.8 Å². The van der Waals surface area contributed by atoms with Crippen LogP contribution in [0.2, 0.25) is 0 Å². The molecule has 2 fully saturated rings. The van der Waals surface area contributed by atoms with Gasteiger partial charge in [0.05, 0.1) is 12.1 Å². The highest BCUT2D eigenvalue weighted by molar-refractivity contribution is 6.03. The summed E-state index contributed by atoms with van der Waals surface area (Å²) in [6.07, 6.45) is 4.57. The average molecular weight is 196 g/mol. The molecule has 78 valence electrons. The van der Waals surface area contributed by atoms with Crippen molar-refractivity contribution < 1.29 is 9.59 Å². The summed E-state index contributed by atoms with van der Waals surface area (Å²) >= 11 is 0. The van der Waals surface area contributed by atoms with E-state index >= 15 is 0 Å². The van der Waals surface area contributed by atoms with Crippen LogP contribution in [0.4, 0.5) is 0 Å². The molecule has 0 aromatic heterocycles. The summed E-state index contributed by atoms with van der Waals surface area (Å²) in [4.78, 5) is 22.7. The highest BCUT2D eigenvalue weighted by atomic mass is 16.2. The molecular formula is C10H16N2O2. The Balaban J connectivity index is 2.13. The Labute approximate surface area is 83.4 Å². The smallest absolute Gasteiger partial charge is 0.246 e. The summed E-state index contributed by atoms with van der Waals surface area (Å²) in [6, 6.07) is 0. The van der Waals surface area contributed by atoms with Gasteiger partial charge in [0, 0.05) is 0 Å². The number of carbonyl (C=O) groups is 2. The number of imide groups is 1. The van der Waals surface area contributed by atoms with E-state index in [4.69, 9.17) is 0 Å². The van der Waals surface area contributed by atoms with Gasteiger partial charge in [-0.3, -0.25) is 20.2 Å². The first-order valence-electron chi connectivity index (χ1n) is 5.22. The zero-order valence-electron chi connectivity index (χ0n) is 8.43. The van der Waals surface area contributed by atoms with E-state index in [-0.39, 0.29) is 18.4 Å². The van der Waals surface area contributed by atoms with E-state index < -0.39 is 5.54 Å². The molecule has 1 saturated carbocycles. The molecule has 1 aliphatic heterocycles. The summed E-state index contributed by atoms with van der Waals surface area (Å²) in [5, 5.41) is 5.48. The lowest BCUT2D eigenvalue weighted by molar-refractivity contribution is -0.139. The molecule has 2 aliphatic rings. The van der Waals surface area contributed by atoms with Crippen LogP contribution in [-0.4, -0.2) is 23.9 Å². The van der Waals surface area contributed by atoms with E-state index in [0.29, 0.717) is 5.92 Å². The lowest BCUT2D eigenvalue weighted by atomic mass is 9.82. The van der Waals surface area contributed by atoms with Crippen LogP contribution in [-0.2, 0) is 9.59 Å². The zero-order chi connectivity index (χ0) is 10.2. The largest absolute Gasteiger partial charge is 0.295 e. The van der Waals surface area contributed by atoms with Gasteiger partial charge in [0.25, 0.3) is 0 Å². The quantitative estimate of drug-likeness (QED) is 0.588. The van der Waals surface area contributed by atoms with Crippen LogP contribution in [0.25, 0.3) is 0 Å². The molecular weight excluding hydrogens is 180 g/mol. The summed E-state index contributed by atoms with van der Waals surface area (Å²) in [7, 11) is 0. The first-order valence-corrected chi connectivity index (χ1v) is 5.22. The topological polar surface area (TPSA) is 58.2 Å². The Bertz CT molecular complexity index is 271. The fourth-order valence-corrected chi connectivity index (χ4v) is 2.48. The third-order valence-corrected chi connectivity index (χ3v) is 3.51. The molecule has 2 rings (SSSR count). The maximum atomic E-state index is 11.7. The van der Waals surface area contributed by atoms with Crippen molar-refractivity contribution in [3.8, 4) is 0 Å². The second-order valence-electron chi connectivity index (χ2n) is 4.41. The molecule has 0 aromatic carbocycles. The van der Waals surface area contributed by atoms with Crippen LogP contribution in [0.3, 0.4) is 0 Å². The van der Waals surface area contributed by atoms with Crippen LogP contribution in [0.15, 0.2) is 0 Å². The Kier molecular flexibility index (Phi) is 2.31. The number of rotatable bonds is 1. The van der Waals surface area contributed by atoms with Gasteiger partial charge in [-0.2, -0.15) is 0 Å². The SMILES string of the molecule is CC1(C2CCCC2)NCC(=O)NC1=O. The molecule has 1 unspecified atom stereocenters. The Morgan fingerprint density at radius 3 is 2.50 bits per heavy atom. The van der Waals surface area contributed by atoms with Gasteiger partial charge in [0.2, 0.25) is 11.8 Å². The Morgan fingerprint density at radius 2 is 1.93 bits per heavy atom. The molecule has 1 atom stereocenters. The number of carbonyl (C=O) groups excluding carboxylic acids is 2. The lowest BCUT2D eigenvalue weighted by Gasteiger charge is -2.37. The van der Waals surface area contributed by atoms with Crippen LogP contribution in [0.1, 0.15) is 32.6 Å². The van der Waals surface area contributed by atoms with Gasteiger partial charge < -0.3 is 0 Å². The van der Waals surface area contributed by atoms with Crippen molar-refractivity contribution in [2.75, 3.05) is 6.54 Å². The van der Waals surface area contributed by atoms with E-state index in [2.05, 4.69) is 10.6 Å². The van der Waals surface area contributed by atoms with Crippen molar-refractivity contribution >= 4 is 11.8 Å². The van der Waals surface area contributed by atoms with Crippen LogP contribution < -0.4 is 10.6 Å². The summed E-state index contributed by atoms with van der Waals surface area (Å²) in [5.74, 6) is 0.0155. The molecule has 1 aliphatic carbocycles. The van der Waals surface area contributed by atoms with E-state index in [0.717, 1.165) is 12.8 Å².